The smallest absolute Gasteiger partial charge is 0.422 e. The van der Waals surface area contributed by atoms with E-state index in [4.69, 9.17) is 22.1 Å². The molecular formula is C25H27ClF3N5O4. The molecule has 0 aliphatic carbocycles. The van der Waals surface area contributed by atoms with Crippen LogP contribution in [0, 0.1) is 0 Å². The van der Waals surface area contributed by atoms with Crippen molar-refractivity contribution in [2.75, 3.05) is 18.5 Å². The second kappa shape index (κ2) is 10.8. The van der Waals surface area contributed by atoms with Crippen LogP contribution in [0.2, 0.25) is 5.02 Å². The lowest BCUT2D eigenvalue weighted by Crippen LogP contribution is -2.56. The fourth-order valence-corrected chi connectivity index (χ4v) is 4.98. The number of hydrogen-bond acceptors (Lipinski definition) is 7. The van der Waals surface area contributed by atoms with Crippen LogP contribution in [0.3, 0.4) is 0 Å². The Morgan fingerprint density at radius 1 is 1.34 bits per heavy atom. The van der Waals surface area contributed by atoms with Gasteiger partial charge in [-0.1, -0.05) is 23.7 Å². The Labute approximate surface area is 222 Å². The molecule has 13 heteroatoms. The van der Waals surface area contributed by atoms with Crippen molar-refractivity contribution >= 4 is 35.1 Å². The zero-order chi connectivity index (χ0) is 27.7. The van der Waals surface area contributed by atoms with Gasteiger partial charge >= 0.3 is 6.18 Å². The van der Waals surface area contributed by atoms with Crippen LogP contribution in [0.15, 0.2) is 41.5 Å². The molecule has 0 unspecified atom stereocenters. The number of rotatable bonds is 6. The first-order valence-corrected chi connectivity index (χ1v) is 12.3. The molecule has 0 radical (unpaired) electrons. The number of pyridine rings is 1. The van der Waals surface area contributed by atoms with Crippen LogP contribution in [0.1, 0.15) is 49.0 Å². The van der Waals surface area contributed by atoms with E-state index in [0.717, 1.165) is 12.3 Å². The second-order valence-corrected chi connectivity index (χ2v) is 9.83. The molecule has 2 aliphatic heterocycles. The van der Waals surface area contributed by atoms with E-state index in [2.05, 4.69) is 20.0 Å². The van der Waals surface area contributed by atoms with Crippen LogP contribution in [0.5, 0.6) is 5.88 Å². The largest absolute Gasteiger partial charge is 0.468 e. The highest BCUT2D eigenvalue weighted by molar-refractivity contribution is 6.35. The van der Waals surface area contributed by atoms with Gasteiger partial charge in [-0.25, -0.2) is 9.98 Å². The Morgan fingerprint density at radius 2 is 2.11 bits per heavy atom. The first-order chi connectivity index (χ1) is 17.9. The number of guanidine groups is 1. The molecule has 1 saturated heterocycles. The fraction of sp³-hybridized carbons (Fsp3) is 0.440. The third-order valence-electron chi connectivity index (χ3n) is 6.40. The van der Waals surface area contributed by atoms with Crippen molar-refractivity contribution < 1.29 is 32.2 Å². The topological polar surface area (TPSA) is 119 Å². The summed E-state index contributed by atoms with van der Waals surface area (Å²) in [5, 5.41) is 2.85. The first-order valence-electron chi connectivity index (χ1n) is 11.9. The zero-order valence-corrected chi connectivity index (χ0v) is 21.5. The van der Waals surface area contributed by atoms with Crippen LogP contribution in [0.25, 0.3) is 0 Å². The minimum Gasteiger partial charge on any atom is -0.468 e. The summed E-state index contributed by atoms with van der Waals surface area (Å²) >= 11 is 6.66. The van der Waals surface area contributed by atoms with Gasteiger partial charge < -0.3 is 20.5 Å². The molecule has 1 aromatic heterocycles. The molecule has 2 aromatic rings. The van der Waals surface area contributed by atoms with Gasteiger partial charge in [0, 0.05) is 30.5 Å². The molecule has 4 rings (SSSR count). The Bertz CT molecular complexity index is 1240. The number of nitrogens with two attached hydrogens (primary N) is 1. The monoisotopic (exact) mass is 553 g/mol. The predicted molar refractivity (Wildman–Crippen MR) is 134 cm³/mol. The Morgan fingerprint density at radius 3 is 2.74 bits per heavy atom. The number of amides is 2. The van der Waals surface area contributed by atoms with Gasteiger partial charge in [-0.15, -0.1) is 0 Å². The van der Waals surface area contributed by atoms with Crippen molar-refractivity contribution in [3.8, 4) is 5.88 Å². The number of nitrogens with zero attached hydrogens (tertiary/aromatic N) is 3. The van der Waals surface area contributed by atoms with E-state index in [-0.39, 0.29) is 52.6 Å². The summed E-state index contributed by atoms with van der Waals surface area (Å²) in [4.78, 5) is 35.9. The van der Waals surface area contributed by atoms with E-state index < -0.39 is 24.2 Å². The van der Waals surface area contributed by atoms with Crippen LogP contribution in [0.4, 0.5) is 18.9 Å². The van der Waals surface area contributed by atoms with Gasteiger partial charge in [0.25, 0.3) is 5.91 Å². The number of carbonyl (C=O) groups is 2. The van der Waals surface area contributed by atoms with Crippen LogP contribution in [-0.4, -0.2) is 59.2 Å². The minimum atomic E-state index is -4.50. The van der Waals surface area contributed by atoms with E-state index in [1.54, 1.807) is 25.1 Å². The molecule has 0 spiro atoms. The Hall–Kier alpha value is -3.38. The molecule has 2 amide bonds. The molecule has 1 fully saturated rings. The number of benzene rings is 1. The predicted octanol–water partition coefficient (Wildman–Crippen LogP) is 4.26. The number of aliphatic imine (C=N–C) groups is 1. The minimum absolute atomic E-state index is 0.0104. The summed E-state index contributed by atoms with van der Waals surface area (Å²) in [5.41, 5.74) is 6.06. The molecule has 0 saturated carbocycles. The SMILES string of the molecule is C[C@@H]1C[C@H](N2C(=O)C[C@@](C)(c3cccc(NC(=O)c4ccc(OCC(F)(F)F)nc4)c3Cl)N=C2N)CCO1. The van der Waals surface area contributed by atoms with E-state index >= 15 is 0 Å². The second-order valence-electron chi connectivity index (χ2n) is 9.45. The van der Waals surface area contributed by atoms with Gasteiger partial charge in [0.1, 0.15) is 0 Å². The molecule has 0 bridgehead atoms. The molecule has 2 aliphatic rings. The van der Waals surface area contributed by atoms with E-state index in [1.165, 1.54) is 11.0 Å². The number of ether oxygens (including phenoxy) is 2. The van der Waals surface area contributed by atoms with Gasteiger partial charge in [-0.3, -0.25) is 14.5 Å². The maximum absolute atomic E-state index is 13.2. The first kappa shape index (κ1) is 27.6. The van der Waals surface area contributed by atoms with Crippen molar-refractivity contribution in [3.63, 3.8) is 0 Å². The molecule has 38 heavy (non-hydrogen) atoms. The zero-order valence-electron chi connectivity index (χ0n) is 20.7. The summed E-state index contributed by atoms with van der Waals surface area (Å²) in [6, 6.07) is 7.30. The van der Waals surface area contributed by atoms with Gasteiger partial charge in [0.05, 0.1) is 34.3 Å². The van der Waals surface area contributed by atoms with Crippen LogP contribution in [-0.2, 0) is 15.1 Å². The third kappa shape index (κ3) is 6.18. The fourth-order valence-electron chi connectivity index (χ4n) is 4.60. The Kier molecular flexibility index (Phi) is 7.84. The number of hydrogen-bond donors (Lipinski definition) is 2. The highest BCUT2D eigenvalue weighted by Gasteiger charge is 2.42. The van der Waals surface area contributed by atoms with Crippen molar-refractivity contribution in [1.29, 1.82) is 0 Å². The Balaban J connectivity index is 1.51. The van der Waals surface area contributed by atoms with Crippen molar-refractivity contribution in [3.05, 3.63) is 52.7 Å². The molecule has 1 aromatic carbocycles. The lowest BCUT2D eigenvalue weighted by Gasteiger charge is -2.41. The number of anilines is 1. The summed E-state index contributed by atoms with van der Waals surface area (Å²) in [7, 11) is 0. The molecule has 9 nitrogen and oxygen atoms in total. The van der Waals surface area contributed by atoms with Gasteiger partial charge in [-0.2, -0.15) is 13.2 Å². The number of alkyl halides is 3. The van der Waals surface area contributed by atoms with Crippen molar-refractivity contribution in [1.82, 2.24) is 9.88 Å². The van der Waals surface area contributed by atoms with Crippen molar-refractivity contribution in [2.45, 2.75) is 57.0 Å². The van der Waals surface area contributed by atoms with E-state index in [9.17, 15) is 22.8 Å². The van der Waals surface area contributed by atoms with Gasteiger partial charge in [0.15, 0.2) is 12.6 Å². The lowest BCUT2D eigenvalue weighted by molar-refractivity contribution is -0.154. The highest BCUT2D eigenvalue weighted by Crippen LogP contribution is 2.41. The highest BCUT2D eigenvalue weighted by atomic mass is 35.5. The summed E-state index contributed by atoms with van der Waals surface area (Å²) in [5.74, 6) is -0.934. The maximum Gasteiger partial charge on any atom is 0.422 e. The molecular weight excluding hydrogens is 527 g/mol. The van der Waals surface area contributed by atoms with E-state index in [0.29, 0.717) is 25.0 Å². The molecule has 3 atom stereocenters. The quantitative estimate of drug-likeness (QED) is 0.552. The molecule has 204 valence electrons. The van der Waals surface area contributed by atoms with Crippen LogP contribution < -0.4 is 15.8 Å². The number of aromatic nitrogens is 1. The summed E-state index contributed by atoms with van der Waals surface area (Å²) in [6.07, 6.45) is -2.05. The normalized spacial score (nSPS) is 24.1. The third-order valence-corrected chi connectivity index (χ3v) is 6.81. The number of halogens is 4. The van der Waals surface area contributed by atoms with E-state index in [1.807, 2.05) is 6.92 Å². The standard InChI is InChI=1S/C25H27ClF3N5O4/c1-14-10-16(8-9-37-14)34-20(35)11-24(2,33-23(34)30)17-4-3-5-18(21(17)26)32-22(36)15-6-7-19(31-12-15)38-13-25(27,28)29/h3-7,12,14,16H,8-11,13H2,1-2H3,(H2,30,33)(H,32,36)/t14-,16-,24+/m1/s1. The average molecular weight is 554 g/mol. The van der Waals surface area contributed by atoms with Crippen molar-refractivity contribution in [2.24, 2.45) is 10.7 Å². The van der Waals surface area contributed by atoms with Gasteiger partial charge in [0.2, 0.25) is 11.8 Å². The molecule has 3 N–H and O–H groups in total. The summed E-state index contributed by atoms with van der Waals surface area (Å²) < 4.78 is 47.1. The lowest BCUT2D eigenvalue weighted by atomic mass is 9.86. The number of carbonyl (C=O) groups excluding carboxylic acids is 2. The summed E-state index contributed by atoms with van der Waals surface area (Å²) in [6.45, 7) is 2.74. The van der Waals surface area contributed by atoms with Gasteiger partial charge in [-0.05, 0) is 38.8 Å². The molecule has 3 heterocycles. The average Bonchev–Trinajstić information content (AvgIpc) is 2.83. The number of nitrogens with one attached hydrogen (secondary N) is 1. The maximum atomic E-state index is 13.2. The van der Waals surface area contributed by atoms with Crippen LogP contribution >= 0.6 is 11.6 Å².